The lowest BCUT2D eigenvalue weighted by Crippen LogP contribution is -2.51. The number of piperazine rings is 1. The largest absolute Gasteiger partial charge is 0.451 e. The van der Waals surface area contributed by atoms with E-state index < -0.39 is 5.60 Å². The number of fused-ring (bicyclic) bond motifs is 6. The fourth-order valence-electron chi connectivity index (χ4n) is 7.64. The molecule has 0 saturated carbocycles. The van der Waals surface area contributed by atoms with Gasteiger partial charge in [-0.3, -0.25) is 15.1 Å². The molecule has 49 heavy (non-hydrogen) atoms. The van der Waals surface area contributed by atoms with Gasteiger partial charge in [0.15, 0.2) is 17.3 Å². The molecule has 9 rings (SSSR count). The highest BCUT2D eigenvalue weighted by Gasteiger charge is 2.46. The summed E-state index contributed by atoms with van der Waals surface area (Å²) in [6, 6.07) is 19.5. The van der Waals surface area contributed by atoms with Crippen molar-refractivity contribution in [1.82, 2.24) is 35.2 Å². The molecule has 0 spiro atoms. The molecular weight excluding hydrogens is 616 g/mol. The number of H-pyrrole nitrogens is 2. The number of benzene rings is 3. The van der Waals surface area contributed by atoms with E-state index in [1.807, 2.05) is 50.3 Å². The van der Waals surface area contributed by atoms with Gasteiger partial charge in [0.1, 0.15) is 5.60 Å². The lowest BCUT2D eigenvalue weighted by molar-refractivity contribution is 0.0132. The number of carbonyl (C=O) groups excluding carboxylic acids is 1. The first-order valence-corrected chi connectivity index (χ1v) is 16.9. The zero-order valence-electron chi connectivity index (χ0n) is 28.0. The highest BCUT2D eigenvalue weighted by atomic mass is 16.6. The average Bonchev–Trinajstić information content (AvgIpc) is 3.89. The number of ether oxygens (including phenoxy) is 2. The first-order valence-electron chi connectivity index (χ1n) is 16.9. The topological polar surface area (TPSA) is 115 Å². The second-order valence-corrected chi connectivity index (χ2v) is 14.4. The third-order valence-electron chi connectivity index (χ3n) is 10.0. The molecule has 2 bridgehead atoms. The fraction of sp³-hybridized carbons (Fsp3) is 0.316. The normalized spacial score (nSPS) is 18.6. The number of hydrogen-bond acceptors (Lipinski definition) is 8. The molecular formula is C38H38N8O3. The van der Waals surface area contributed by atoms with Crippen molar-refractivity contribution in [2.45, 2.75) is 51.8 Å². The molecule has 248 valence electrons. The van der Waals surface area contributed by atoms with Crippen LogP contribution >= 0.6 is 0 Å². The minimum Gasteiger partial charge on any atom is -0.451 e. The van der Waals surface area contributed by atoms with E-state index in [0.29, 0.717) is 12.6 Å². The van der Waals surface area contributed by atoms with Crippen molar-refractivity contribution in [1.29, 1.82) is 0 Å². The monoisotopic (exact) mass is 654 g/mol. The second kappa shape index (κ2) is 11.1. The Labute approximate surface area is 283 Å². The Morgan fingerprint density at radius 2 is 1.59 bits per heavy atom. The van der Waals surface area contributed by atoms with Crippen molar-refractivity contribution in [3.63, 3.8) is 0 Å². The average molecular weight is 655 g/mol. The summed E-state index contributed by atoms with van der Waals surface area (Å²) in [4.78, 5) is 24.6. The lowest BCUT2D eigenvalue weighted by Gasteiger charge is -2.37. The number of likely N-dealkylation sites (tertiary alicyclic amines) is 2. The van der Waals surface area contributed by atoms with Crippen molar-refractivity contribution >= 4 is 39.4 Å². The molecule has 3 aliphatic rings. The summed E-state index contributed by atoms with van der Waals surface area (Å²) in [7, 11) is 0. The van der Waals surface area contributed by atoms with Crippen LogP contribution in [0, 0.1) is 6.92 Å². The summed E-state index contributed by atoms with van der Waals surface area (Å²) in [5.41, 5.74) is 7.89. The Kier molecular flexibility index (Phi) is 6.70. The van der Waals surface area contributed by atoms with Crippen LogP contribution in [0.15, 0.2) is 73.2 Å². The third-order valence-corrected chi connectivity index (χ3v) is 10.0. The van der Waals surface area contributed by atoms with Crippen LogP contribution in [0.3, 0.4) is 0 Å². The maximum Gasteiger partial charge on any atom is 0.410 e. The maximum absolute atomic E-state index is 12.9. The number of anilines is 2. The van der Waals surface area contributed by atoms with Gasteiger partial charge in [-0.25, -0.2) is 9.78 Å². The minimum absolute atomic E-state index is 0.176. The van der Waals surface area contributed by atoms with Crippen LogP contribution in [0.25, 0.3) is 44.1 Å². The van der Waals surface area contributed by atoms with Crippen LogP contribution in [0.1, 0.15) is 32.8 Å². The van der Waals surface area contributed by atoms with Gasteiger partial charge in [-0.1, -0.05) is 12.1 Å². The number of hydrogen-bond donors (Lipinski definition) is 2. The quantitative estimate of drug-likeness (QED) is 0.197. The summed E-state index contributed by atoms with van der Waals surface area (Å²) >= 11 is 0. The number of amides is 1. The van der Waals surface area contributed by atoms with Crippen molar-refractivity contribution in [2.24, 2.45) is 0 Å². The molecule has 0 aliphatic carbocycles. The molecule has 3 aliphatic heterocycles. The molecule has 2 atom stereocenters. The highest BCUT2D eigenvalue weighted by molar-refractivity contribution is 5.88. The predicted molar refractivity (Wildman–Crippen MR) is 189 cm³/mol. The van der Waals surface area contributed by atoms with E-state index in [1.54, 1.807) is 0 Å². The maximum atomic E-state index is 12.9. The molecule has 0 radical (unpaired) electrons. The molecule has 0 unspecified atom stereocenters. The van der Waals surface area contributed by atoms with E-state index in [4.69, 9.17) is 14.5 Å². The summed E-state index contributed by atoms with van der Waals surface area (Å²) < 4.78 is 12.4. The highest BCUT2D eigenvalue weighted by Crippen LogP contribution is 2.49. The number of aromatic nitrogens is 5. The molecule has 6 aromatic rings. The van der Waals surface area contributed by atoms with Crippen LogP contribution in [-0.4, -0.2) is 85.1 Å². The smallest absolute Gasteiger partial charge is 0.410 e. The van der Waals surface area contributed by atoms with Crippen LogP contribution in [-0.2, 0) is 4.74 Å². The van der Waals surface area contributed by atoms with Gasteiger partial charge in [-0.05, 0) is 98.8 Å². The Morgan fingerprint density at radius 3 is 2.31 bits per heavy atom. The zero-order valence-corrected chi connectivity index (χ0v) is 28.0. The summed E-state index contributed by atoms with van der Waals surface area (Å²) in [6.45, 7) is 11.0. The molecule has 6 heterocycles. The molecule has 2 saturated heterocycles. The van der Waals surface area contributed by atoms with Gasteiger partial charge in [-0.15, -0.1) is 0 Å². The van der Waals surface area contributed by atoms with E-state index in [-0.39, 0.29) is 12.1 Å². The van der Waals surface area contributed by atoms with Crippen molar-refractivity contribution in [3.8, 4) is 33.8 Å². The van der Waals surface area contributed by atoms with Gasteiger partial charge in [-0.2, -0.15) is 10.2 Å². The lowest BCUT2D eigenvalue weighted by atomic mass is 9.97. The van der Waals surface area contributed by atoms with E-state index in [0.717, 1.165) is 98.7 Å². The van der Waals surface area contributed by atoms with Crippen molar-refractivity contribution in [2.75, 3.05) is 31.1 Å². The second-order valence-electron chi connectivity index (χ2n) is 14.4. The van der Waals surface area contributed by atoms with Gasteiger partial charge in [0.05, 0.1) is 29.1 Å². The van der Waals surface area contributed by atoms with Crippen LogP contribution < -0.4 is 9.64 Å². The van der Waals surface area contributed by atoms with E-state index in [2.05, 4.69) is 85.6 Å². The SMILES string of the molecule is Cc1cc2c(cc1-c1ccc3[nH]ncc3c1)Oc1cc(-c3ccc4[nH]ncc4c3)cnc1N2CCN1C[C@H]2C[C@@H]1CN2C(=O)OC(C)(C)C. The Bertz CT molecular complexity index is 2250. The molecule has 3 aromatic carbocycles. The van der Waals surface area contributed by atoms with Crippen LogP contribution in [0.5, 0.6) is 11.5 Å². The number of pyridine rings is 1. The van der Waals surface area contributed by atoms with Gasteiger partial charge >= 0.3 is 6.09 Å². The Balaban J connectivity index is 1.04. The first kappa shape index (κ1) is 29.7. The number of nitrogens with one attached hydrogen (secondary N) is 2. The summed E-state index contributed by atoms with van der Waals surface area (Å²) in [5.74, 6) is 2.31. The first-order chi connectivity index (χ1) is 23.7. The zero-order chi connectivity index (χ0) is 33.4. The van der Waals surface area contributed by atoms with Crippen molar-refractivity contribution in [3.05, 3.63) is 78.8 Å². The predicted octanol–water partition coefficient (Wildman–Crippen LogP) is 7.41. The Hall–Kier alpha value is -5.42. The van der Waals surface area contributed by atoms with Gasteiger partial charge < -0.3 is 19.3 Å². The van der Waals surface area contributed by atoms with Crippen LogP contribution in [0.4, 0.5) is 16.3 Å². The number of aromatic amines is 2. The molecule has 11 heteroatoms. The Morgan fingerprint density at radius 1 is 0.857 bits per heavy atom. The minimum atomic E-state index is -0.501. The van der Waals surface area contributed by atoms with Gasteiger partial charge in [0, 0.05) is 60.8 Å². The van der Waals surface area contributed by atoms with Crippen molar-refractivity contribution < 1.29 is 14.3 Å². The van der Waals surface area contributed by atoms with E-state index in [9.17, 15) is 4.79 Å². The van der Waals surface area contributed by atoms with Gasteiger partial charge in [0.25, 0.3) is 0 Å². The molecule has 2 N–H and O–H groups in total. The van der Waals surface area contributed by atoms with E-state index in [1.165, 1.54) is 0 Å². The third kappa shape index (κ3) is 5.25. The number of aryl methyl sites for hydroxylation is 1. The van der Waals surface area contributed by atoms with E-state index >= 15 is 0 Å². The van der Waals surface area contributed by atoms with Gasteiger partial charge in [0.2, 0.25) is 0 Å². The molecule has 1 amide bonds. The fourth-order valence-corrected chi connectivity index (χ4v) is 7.64. The number of carbonyl (C=O) groups is 1. The molecule has 2 fully saturated rings. The van der Waals surface area contributed by atoms with Crippen LogP contribution in [0.2, 0.25) is 0 Å². The summed E-state index contributed by atoms with van der Waals surface area (Å²) in [6.07, 6.45) is 6.39. The number of nitrogens with zero attached hydrogens (tertiary/aromatic N) is 6. The summed E-state index contributed by atoms with van der Waals surface area (Å²) in [5, 5.41) is 16.6. The number of rotatable bonds is 5. The molecule has 3 aromatic heterocycles. The standard InChI is InChI=1S/C38H38N8O3/c1-22-11-33-34(16-30(22)24-6-8-32-27(13-24)19-41-43-32)48-35-14-25(23-5-7-31-26(12-23)18-40-42-31)17-39-36(35)45(33)10-9-44-20-29-15-28(44)21-46(29)37(47)49-38(2,3)4/h5-8,11-14,16-19,28-29H,9-10,15,20-21H2,1-4H3,(H,40,42)(H,41,43)/t28-,29-/m1/s1. The molecule has 11 nitrogen and oxygen atoms in total.